The van der Waals surface area contributed by atoms with Gasteiger partial charge in [0.25, 0.3) is 16.0 Å². The zero-order chi connectivity index (χ0) is 33.2. The van der Waals surface area contributed by atoms with E-state index in [9.17, 15) is 17.8 Å². The topological polar surface area (TPSA) is 148 Å². The Morgan fingerprint density at radius 3 is 1.90 bits per heavy atom. The van der Waals surface area contributed by atoms with Crippen molar-refractivity contribution in [2.24, 2.45) is 0 Å². The third-order valence-corrected chi connectivity index (χ3v) is 12.2. The van der Waals surface area contributed by atoms with E-state index in [1.54, 1.807) is 25.1 Å². The lowest BCUT2D eigenvalue weighted by Gasteiger charge is -2.06. The van der Waals surface area contributed by atoms with Crippen molar-refractivity contribution in [3.63, 3.8) is 0 Å². The number of fused-ring (bicyclic) bond motifs is 3. The molecule has 0 unspecified atom stereocenters. The Morgan fingerprint density at radius 2 is 1.23 bits per heavy atom. The quantitative estimate of drug-likeness (QED) is 0.115. The molecule has 48 heavy (non-hydrogen) atoms. The van der Waals surface area contributed by atoms with Gasteiger partial charge >= 0.3 is 0 Å². The number of carbonyl (C=O) groups is 1. The van der Waals surface area contributed by atoms with Crippen molar-refractivity contribution in [2.45, 2.75) is 11.8 Å². The van der Waals surface area contributed by atoms with Crippen LogP contribution in [0, 0.1) is 6.92 Å². The fraction of sp³-hybridized carbons (Fsp3) is 0.0286. The van der Waals surface area contributed by atoms with Gasteiger partial charge in [0.1, 0.15) is 19.9 Å². The highest BCUT2D eigenvalue weighted by Crippen LogP contribution is 2.39. The van der Waals surface area contributed by atoms with Gasteiger partial charge in [-0.3, -0.25) is 9.35 Å². The number of aromatic nitrogens is 3. The molecule has 0 aliphatic carbocycles. The first-order valence-electron chi connectivity index (χ1n) is 14.6. The third kappa shape index (κ3) is 5.61. The number of nitrogens with zero attached hydrogens (tertiary/aromatic N) is 3. The normalized spacial score (nSPS) is 11.9. The van der Waals surface area contributed by atoms with Gasteiger partial charge in [0, 0.05) is 33.6 Å². The summed E-state index contributed by atoms with van der Waals surface area (Å²) in [5.41, 5.74) is 13.1. The molecular formula is C35H23N5O4S4. The molecule has 0 bridgehead atoms. The minimum absolute atomic E-state index is 0.102. The molecule has 9 nitrogen and oxygen atoms in total. The molecule has 4 N–H and O–H groups in total. The van der Waals surface area contributed by atoms with Gasteiger partial charge in [0.2, 0.25) is 0 Å². The van der Waals surface area contributed by atoms with Crippen molar-refractivity contribution in [2.75, 3.05) is 11.1 Å². The Bertz CT molecular complexity index is 2660. The zero-order valence-corrected chi connectivity index (χ0v) is 28.2. The van der Waals surface area contributed by atoms with Gasteiger partial charge in [-0.05, 0) is 103 Å². The van der Waals surface area contributed by atoms with Gasteiger partial charge in [0.05, 0.1) is 30.6 Å². The molecule has 0 saturated heterocycles. The molecule has 0 aliphatic rings. The largest absolute Gasteiger partial charge is 0.399 e. The molecule has 5 aromatic carbocycles. The number of carbonyl (C=O) groups excluding carboxylic acids is 1. The van der Waals surface area contributed by atoms with Crippen LogP contribution in [-0.2, 0) is 10.1 Å². The number of aryl methyl sites for hydroxylation is 1. The summed E-state index contributed by atoms with van der Waals surface area (Å²) in [6.45, 7) is 1.65. The van der Waals surface area contributed by atoms with E-state index in [1.807, 2.05) is 78.9 Å². The van der Waals surface area contributed by atoms with Crippen molar-refractivity contribution in [1.82, 2.24) is 15.0 Å². The Morgan fingerprint density at radius 1 is 0.688 bits per heavy atom. The number of hydrogen-bond donors (Lipinski definition) is 3. The Balaban J connectivity index is 1.01. The van der Waals surface area contributed by atoms with Crippen molar-refractivity contribution < 1.29 is 17.8 Å². The number of amides is 1. The lowest BCUT2D eigenvalue weighted by molar-refractivity contribution is 0.102. The van der Waals surface area contributed by atoms with Gasteiger partial charge in [-0.1, -0.05) is 6.07 Å². The van der Waals surface area contributed by atoms with Crippen molar-refractivity contribution in [3.05, 3.63) is 108 Å². The summed E-state index contributed by atoms with van der Waals surface area (Å²) in [7, 11) is -4.40. The maximum atomic E-state index is 13.1. The highest BCUT2D eigenvalue weighted by Gasteiger charge is 2.21. The predicted octanol–water partition coefficient (Wildman–Crippen LogP) is 8.91. The summed E-state index contributed by atoms with van der Waals surface area (Å²) in [5.74, 6) is -0.215. The highest BCUT2D eigenvalue weighted by molar-refractivity contribution is 7.86. The Hall–Kier alpha value is -5.05. The lowest BCUT2D eigenvalue weighted by Crippen LogP contribution is -2.11. The number of anilines is 2. The molecule has 0 fully saturated rings. The molecule has 0 radical (unpaired) electrons. The van der Waals surface area contributed by atoms with Crippen LogP contribution in [0.3, 0.4) is 0 Å². The molecule has 0 spiro atoms. The molecule has 13 heteroatoms. The predicted molar refractivity (Wildman–Crippen MR) is 196 cm³/mol. The number of nitrogen functional groups attached to an aromatic ring is 1. The summed E-state index contributed by atoms with van der Waals surface area (Å²) in [4.78, 5) is 27.2. The summed E-state index contributed by atoms with van der Waals surface area (Å²) < 4.78 is 36.2. The molecule has 3 heterocycles. The first kappa shape index (κ1) is 30.3. The van der Waals surface area contributed by atoms with E-state index < -0.39 is 10.1 Å². The number of nitrogens with two attached hydrogens (primary N) is 1. The van der Waals surface area contributed by atoms with Gasteiger partial charge in [-0.25, -0.2) is 15.0 Å². The average molecular weight is 706 g/mol. The van der Waals surface area contributed by atoms with Crippen LogP contribution in [0.5, 0.6) is 0 Å². The minimum Gasteiger partial charge on any atom is -0.399 e. The van der Waals surface area contributed by atoms with Crippen LogP contribution < -0.4 is 11.1 Å². The monoisotopic (exact) mass is 705 g/mol. The maximum absolute atomic E-state index is 13.1. The second-order valence-electron chi connectivity index (χ2n) is 11.1. The number of hydrogen-bond acceptors (Lipinski definition) is 10. The molecule has 0 atom stereocenters. The van der Waals surface area contributed by atoms with E-state index in [0.717, 1.165) is 47.1 Å². The minimum atomic E-state index is -4.40. The van der Waals surface area contributed by atoms with Crippen LogP contribution in [0.25, 0.3) is 62.4 Å². The van der Waals surface area contributed by atoms with Crippen LogP contribution in [0.4, 0.5) is 11.4 Å². The van der Waals surface area contributed by atoms with Crippen LogP contribution in [-0.4, -0.2) is 33.8 Å². The molecule has 3 aromatic heterocycles. The summed E-state index contributed by atoms with van der Waals surface area (Å²) in [6, 6.07) is 29.8. The van der Waals surface area contributed by atoms with E-state index in [-0.39, 0.29) is 10.8 Å². The van der Waals surface area contributed by atoms with Gasteiger partial charge < -0.3 is 11.1 Å². The molecule has 1 amide bonds. The second-order valence-corrected chi connectivity index (χ2v) is 15.5. The third-order valence-electron chi connectivity index (χ3n) is 7.80. The number of nitrogens with one attached hydrogen (secondary N) is 1. The fourth-order valence-electron chi connectivity index (χ4n) is 5.41. The Labute approximate surface area is 286 Å². The molecule has 8 aromatic rings. The smallest absolute Gasteiger partial charge is 0.296 e. The van der Waals surface area contributed by atoms with Crippen LogP contribution in [0.15, 0.2) is 102 Å². The summed E-state index contributed by atoms with van der Waals surface area (Å²) in [6.07, 6.45) is 0. The molecular weight excluding hydrogens is 683 g/mol. The maximum Gasteiger partial charge on any atom is 0.296 e. The molecule has 236 valence electrons. The van der Waals surface area contributed by atoms with E-state index in [0.29, 0.717) is 37.7 Å². The van der Waals surface area contributed by atoms with Crippen LogP contribution in [0.2, 0.25) is 0 Å². The first-order valence-corrected chi connectivity index (χ1v) is 18.4. The summed E-state index contributed by atoms with van der Waals surface area (Å²) in [5, 5.41) is 5.32. The van der Waals surface area contributed by atoms with E-state index in [1.165, 1.54) is 34.0 Å². The average Bonchev–Trinajstić information content (AvgIpc) is 3.80. The first-order chi connectivity index (χ1) is 23.1. The molecule has 0 aliphatic heterocycles. The van der Waals surface area contributed by atoms with Gasteiger partial charge in [0.15, 0.2) is 0 Å². The lowest BCUT2D eigenvalue weighted by atomic mass is 10.1. The van der Waals surface area contributed by atoms with E-state index in [2.05, 4.69) is 10.3 Å². The molecule has 0 saturated carbocycles. The van der Waals surface area contributed by atoms with Crippen molar-refractivity contribution in [1.29, 1.82) is 0 Å². The van der Waals surface area contributed by atoms with Gasteiger partial charge in [-0.2, -0.15) is 8.42 Å². The van der Waals surface area contributed by atoms with E-state index >= 15 is 0 Å². The standard InChI is InChI=1S/C35H23N5O4S4/c1-18-2-13-27-30(31(18)48(42,43)44)47-35(40-27)22-8-15-26-29(17-22)46-34(39-26)20-5-11-24(12-6-20)37-32(41)21-7-14-25-28(16-21)45-33(38-25)19-3-9-23(36)10-4-19/h2-17H,36H2,1H3,(H,37,41)(H,42,43,44). The second kappa shape index (κ2) is 11.6. The molecule has 8 rings (SSSR count). The van der Waals surface area contributed by atoms with Crippen LogP contribution in [0.1, 0.15) is 15.9 Å². The van der Waals surface area contributed by atoms with E-state index in [4.69, 9.17) is 15.7 Å². The van der Waals surface area contributed by atoms with Crippen LogP contribution >= 0.6 is 34.0 Å². The highest BCUT2D eigenvalue weighted by atomic mass is 32.2. The Kier molecular flexibility index (Phi) is 7.31. The SMILES string of the molecule is Cc1ccc2nc(-c3ccc4nc(-c5ccc(NC(=O)c6ccc7nc(-c8ccc(N)cc8)sc7c6)cc5)sc4c3)sc2c1S(=O)(=O)O. The number of benzene rings is 5. The number of thiazole rings is 3. The zero-order valence-electron chi connectivity index (χ0n) is 25.0. The van der Waals surface area contributed by atoms with Crippen molar-refractivity contribution in [3.8, 4) is 31.7 Å². The summed E-state index contributed by atoms with van der Waals surface area (Å²) >= 11 is 4.28. The fourth-order valence-corrected chi connectivity index (χ4v) is 9.74. The van der Waals surface area contributed by atoms with Gasteiger partial charge in [-0.15, -0.1) is 34.0 Å². The van der Waals surface area contributed by atoms with Crippen molar-refractivity contribution >= 4 is 92.1 Å². The number of rotatable bonds is 6.